The number of hydrogen-bond acceptors (Lipinski definition) is 6. The summed E-state index contributed by atoms with van der Waals surface area (Å²) < 4.78 is 0. The molecule has 0 aliphatic rings. The molecular weight excluding hydrogens is 659 g/mol. The second-order valence-electron chi connectivity index (χ2n) is 7.89. The van der Waals surface area contributed by atoms with Gasteiger partial charge in [-0.15, -0.1) is 35.4 Å². The summed E-state index contributed by atoms with van der Waals surface area (Å²) in [7, 11) is 0. The van der Waals surface area contributed by atoms with Crippen LogP contribution in [0.4, 0.5) is 0 Å². The van der Waals surface area contributed by atoms with Gasteiger partial charge in [-0.05, 0) is 60.3 Å². The standard InChI is InChI=1S/C12H11N2.2C10H8N2.Os/c13-9-10-4-3-5-11(8-10)12-6-1-2-7-14-12;2*1-3-7-11-9(5-1)10-6-2-4-8-12-10;/h1-4,6-8H,9,13H2;2*1-8H;/q-1;;;+1. The van der Waals surface area contributed by atoms with Crippen molar-refractivity contribution in [1.29, 1.82) is 0 Å². The van der Waals surface area contributed by atoms with E-state index in [1.807, 2.05) is 109 Å². The molecule has 5 heterocycles. The van der Waals surface area contributed by atoms with Crippen LogP contribution in [0, 0.1) is 6.07 Å². The van der Waals surface area contributed by atoms with Gasteiger partial charge in [-0.1, -0.05) is 36.4 Å². The van der Waals surface area contributed by atoms with Crippen LogP contribution in [0.1, 0.15) is 5.56 Å². The molecule has 0 bridgehead atoms. The summed E-state index contributed by atoms with van der Waals surface area (Å²) in [6.45, 7) is 0.550. The molecule has 1 aromatic carbocycles. The molecule has 0 unspecified atom stereocenters. The zero-order valence-electron chi connectivity index (χ0n) is 21.2. The molecule has 6 aromatic rings. The van der Waals surface area contributed by atoms with Gasteiger partial charge in [0, 0.05) is 37.5 Å². The zero-order valence-corrected chi connectivity index (χ0v) is 23.7. The predicted octanol–water partition coefficient (Wildman–Crippen LogP) is 6.29. The zero-order chi connectivity index (χ0) is 26.3. The monoisotopic (exact) mass is 687 g/mol. The van der Waals surface area contributed by atoms with Crippen molar-refractivity contribution in [1.82, 2.24) is 24.9 Å². The number of hydrogen-bond donors (Lipinski definition) is 1. The molecule has 0 aliphatic carbocycles. The molecule has 0 fully saturated rings. The average Bonchev–Trinajstić information content (AvgIpc) is 3.04. The van der Waals surface area contributed by atoms with E-state index in [9.17, 15) is 0 Å². The van der Waals surface area contributed by atoms with Crippen molar-refractivity contribution in [2.24, 2.45) is 5.73 Å². The van der Waals surface area contributed by atoms with Crippen molar-refractivity contribution >= 4 is 0 Å². The molecule has 7 heteroatoms. The Balaban J connectivity index is 0.000000160. The van der Waals surface area contributed by atoms with Crippen LogP contribution in [-0.2, 0) is 26.3 Å². The molecule has 5 aromatic heterocycles. The third-order valence-corrected chi connectivity index (χ3v) is 5.23. The third kappa shape index (κ3) is 9.43. The van der Waals surface area contributed by atoms with E-state index in [-0.39, 0.29) is 19.8 Å². The molecule has 0 saturated carbocycles. The van der Waals surface area contributed by atoms with Crippen molar-refractivity contribution in [3.63, 3.8) is 0 Å². The van der Waals surface area contributed by atoms with Crippen LogP contribution in [0.25, 0.3) is 34.0 Å². The van der Waals surface area contributed by atoms with Gasteiger partial charge in [0.05, 0.1) is 22.8 Å². The van der Waals surface area contributed by atoms with Crippen LogP contribution in [0.3, 0.4) is 0 Å². The first kappa shape index (κ1) is 29.1. The Morgan fingerprint density at radius 3 is 1.15 bits per heavy atom. The summed E-state index contributed by atoms with van der Waals surface area (Å²) in [6, 6.07) is 38.0. The average molecular weight is 686 g/mol. The van der Waals surface area contributed by atoms with Crippen molar-refractivity contribution in [2.75, 3.05) is 0 Å². The molecule has 0 amide bonds. The molecule has 1 radical (unpaired) electrons. The van der Waals surface area contributed by atoms with Crippen LogP contribution < -0.4 is 5.73 Å². The van der Waals surface area contributed by atoms with Crippen molar-refractivity contribution in [2.45, 2.75) is 6.54 Å². The summed E-state index contributed by atoms with van der Waals surface area (Å²) >= 11 is 0. The van der Waals surface area contributed by atoms with Crippen LogP contribution in [-0.4, -0.2) is 24.9 Å². The Morgan fingerprint density at radius 1 is 0.487 bits per heavy atom. The molecule has 0 saturated heterocycles. The van der Waals surface area contributed by atoms with Gasteiger partial charge < -0.3 is 10.7 Å². The topological polar surface area (TPSA) is 90.5 Å². The first-order chi connectivity index (χ1) is 18.8. The molecule has 0 atom stereocenters. The Morgan fingerprint density at radius 2 is 0.846 bits per heavy atom. The molecule has 193 valence electrons. The fourth-order valence-electron chi connectivity index (χ4n) is 3.37. The summed E-state index contributed by atoms with van der Waals surface area (Å²) in [4.78, 5) is 21.0. The summed E-state index contributed by atoms with van der Waals surface area (Å²) in [5.74, 6) is 0. The number of nitrogens with two attached hydrogens (primary N) is 1. The van der Waals surface area contributed by atoms with Gasteiger partial charge >= 0.3 is 19.8 Å². The number of aromatic nitrogens is 5. The Hall–Kier alpha value is -4.43. The summed E-state index contributed by atoms with van der Waals surface area (Å²) in [5.41, 5.74) is 12.3. The van der Waals surface area contributed by atoms with Gasteiger partial charge in [-0.3, -0.25) is 19.9 Å². The first-order valence-corrected chi connectivity index (χ1v) is 12.1. The van der Waals surface area contributed by atoms with Crippen molar-refractivity contribution in [3.05, 3.63) is 152 Å². The second kappa shape index (κ2) is 16.4. The van der Waals surface area contributed by atoms with E-state index in [1.54, 1.807) is 31.0 Å². The van der Waals surface area contributed by atoms with Gasteiger partial charge in [0.15, 0.2) is 0 Å². The molecule has 0 aliphatic heterocycles. The fraction of sp³-hybridized carbons (Fsp3) is 0.0312. The van der Waals surface area contributed by atoms with Crippen molar-refractivity contribution < 1.29 is 19.8 Å². The number of nitrogens with zero attached hydrogens (tertiary/aromatic N) is 5. The molecule has 0 spiro atoms. The molecule has 2 N–H and O–H groups in total. The van der Waals surface area contributed by atoms with E-state index in [2.05, 4.69) is 31.0 Å². The van der Waals surface area contributed by atoms with E-state index < -0.39 is 0 Å². The maximum Gasteiger partial charge on any atom is 1.00 e. The quantitative estimate of drug-likeness (QED) is 0.220. The fourth-order valence-corrected chi connectivity index (χ4v) is 3.37. The molecule has 6 rings (SSSR count). The minimum atomic E-state index is 0. The maximum absolute atomic E-state index is 5.56. The third-order valence-electron chi connectivity index (χ3n) is 5.23. The Kier molecular flexibility index (Phi) is 12.3. The minimum Gasteiger partial charge on any atom is -0.328 e. The summed E-state index contributed by atoms with van der Waals surface area (Å²) in [5, 5.41) is 0. The predicted molar refractivity (Wildman–Crippen MR) is 151 cm³/mol. The summed E-state index contributed by atoms with van der Waals surface area (Å²) in [6.07, 6.45) is 8.85. The van der Waals surface area contributed by atoms with Gasteiger partial charge in [0.1, 0.15) is 0 Å². The second-order valence-corrected chi connectivity index (χ2v) is 7.89. The van der Waals surface area contributed by atoms with E-state index >= 15 is 0 Å². The van der Waals surface area contributed by atoms with Crippen molar-refractivity contribution in [3.8, 4) is 34.0 Å². The van der Waals surface area contributed by atoms with E-state index in [4.69, 9.17) is 5.73 Å². The molecule has 39 heavy (non-hydrogen) atoms. The van der Waals surface area contributed by atoms with Gasteiger partial charge in [-0.25, -0.2) is 0 Å². The van der Waals surface area contributed by atoms with Crippen LogP contribution in [0.5, 0.6) is 0 Å². The SMILES string of the molecule is NCc1cc[c-]c(-c2ccccn2)c1.[Os+].c1ccc(-c2ccccn2)nc1.c1ccc(-c2ccccn2)nc1. The van der Waals surface area contributed by atoms with Crippen LogP contribution in [0.15, 0.2) is 140 Å². The Bertz CT molecular complexity index is 1320. The Labute approximate surface area is 242 Å². The van der Waals surface area contributed by atoms with Crippen LogP contribution in [0.2, 0.25) is 0 Å². The number of rotatable bonds is 4. The normalized spacial score (nSPS) is 9.56. The largest absolute Gasteiger partial charge is 1.00 e. The van der Waals surface area contributed by atoms with E-state index in [0.717, 1.165) is 39.6 Å². The number of benzene rings is 1. The first-order valence-electron chi connectivity index (χ1n) is 12.1. The van der Waals surface area contributed by atoms with E-state index in [0.29, 0.717) is 6.54 Å². The molecule has 6 nitrogen and oxygen atoms in total. The van der Waals surface area contributed by atoms with Gasteiger partial charge in [0.25, 0.3) is 0 Å². The van der Waals surface area contributed by atoms with Crippen LogP contribution >= 0.6 is 0 Å². The van der Waals surface area contributed by atoms with Gasteiger partial charge in [0.2, 0.25) is 0 Å². The molecular formula is C32H27N6Os. The van der Waals surface area contributed by atoms with E-state index in [1.165, 1.54) is 0 Å². The maximum atomic E-state index is 5.56. The smallest absolute Gasteiger partial charge is 0.328 e. The number of pyridine rings is 5. The minimum absolute atomic E-state index is 0. The van der Waals surface area contributed by atoms with Gasteiger partial charge in [-0.2, -0.15) is 0 Å².